The van der Waals surface area contributed by atoms with Gasteiger partial charge in [0.05, 0.1) is 18.4 Å². The molecule has 0 bridgehead atoms. The highest BCUT2D eigenvalue weighted by Gasteiger charge is 2.43. The van der Waals surface area contributed by atoms with Crippen LogP contribution in [-0.4, -0.2) is 29.9 Å². The second-order valence-corrected chi connectivity index (χ2v) is 6.20. The molecule has 1 N–H and O–H groups in total. The minimum Gasteiger partial charge on any atom is -0.619 e. The van der Waals surface area contributed by atoms with Gasteiger partial charge in [-0.3, -0.25) is 0 Å². The van der Waals surface area contributed by atoms with Crippen LogP contribution < -0.4 is 24.3 Å². The van der Waals surface area contributed by atoms with Crippen molar-refractivity contribution >= 4 is 5.82 Å². The van der Waals surface area contributed by atoms with Gasteiger partial charge in [-0.05, 0) is 30.2 Å². The Labute approximate surface area is 164 Å². The Morgan fingerprint density at radius 2 is 2.00 bits per heavy atom. The van der Waals surface area contributed by atoms with Crippen molar-refractivity contribution in [2.75, 3.05) is 19.0 Å². The number of ether oxygens (including phenoxy) is 3. The van der Waals surface area contributed by atoms with Gasteiger partial charge in [0.15, 0.2) is 23.9 Å². The number of nitrogens with one attached hydrogen (secondary N) is 1. The van der Waals surface area contributed by atoms with Crippen molar-refractivity contribution in [1.82, 2.24) is 9.97 Å². The van der Waals surface area contributed by atoms with Crippen molar-refractivity contribution in [3.8, 4) is 28.8 Å². The second kappa shape index (κ2) is 7.38. The summed E-state index contributed by atoms with van der Waals surface area (Å²) in [6, 6.07) is 9.87. The first-order valence-electron chi connectivity index (χ1n) is 8.67. The maximum atomic E-state index is 13.1. The molecule has 0 aliphatic carbocycles. The standard InChI is InChI=1S/C19H16F2N4O4/c1-27-18-23-14(13-3-2-8-25(26)11-13)10-17(24-18)22-7-6-12-4-5-15-16(9-12)29-19(20,21)28-15/h2-5,8-11H,6-7H2,1H3,(H,22,23,24). The van der Waals surface area contributed by atoms with E-state index in [0.717, 1.165) is 5.56 Å². The van der Waals surface area contributed by atoms with E-state index in [1.165, 1.54) is 31.6 Å². The lowest BCUT2D eigenvalue weighted by molar-refractivity contribution is -0.604. The summed E-state index contributed by atoms with van der Waals surface area (Å²) < 4.78 is 40.9. The predicted octanol–water partition coefficient (Wildman–Crippen LogP) is 2.76. The molecule has 150 valence electrons. The predicted molar refractivity (Wildman–Crippen MR) is 97.8 cm³/mol. The quantitative estimate of drug-likeness (QED) is 0.501. The van der Waals surface area contributed by atoms with Crippen LogP contribution in [0.3, 0.4) is 0 Å². The van der Waals surface area contributed by atoms with E-state index < -0.39 is 6.29 Å². The molecule has 29 heavy (non-hydrogen) atoms. The molecule has 8 nitrogen and oxygen atoms in total. The zero-order valence-electron chi connectivity index (χ0n) is 15.3. The van der Waals surface area contributed by atoms with Crippen LogP contribution in [0.1, 0.15) is 5.56 Å². The van der Waals surface area contributed by atoms with Crippen LogP contribution in [0.25, 0.3) is 11.3 Å². The molecule has 4 rings (SSSR count). The number of halogens is 2. The molecule has 10 heteroatoms. The minimum atomic E-state index is -3.63. The van der Waals surface area contributed by atoms with Gasteiger partial charge in [-0.1, -0.05) is 6.07 Å². The highest BCUT2D eigenvalue weighted by Crippen LogP contribution is 2.41. The Morgan fingerprint density at radius 1 is 1.17 bits per heavy atom. The van der Waals surface area contributed by atoms with Crippen molar-refractivity contribution in [2.45, 2.75) is 12.7 Å². The van der Waals surface area contributed by atoms with Crippen molar-refractivity contribution in [2.24, 2.45) is 0 Å². The van der Waals surface area contributed by atoms with E-state index in [0.29, 0.717) is 34.8 Å². The lowest BCUT2D eigenvalue weighted by Crippen LogP contribution is -2.25. The first kappa shape index (κ1) is 18.7. The van der Waals surface area contributed by atoms with Gasteiger partial charge in [0.1, 0.15) is 5.82 Å². The molecule has 0 fully saturated rings. The number of hydrogen-bond donors (Lipinski definition) is 1. The molecule has 0 saturated carbocycles. The summed E-state index contributed by atoms with van der Waals surface area (Å²) in [6.45, 7) is 0.464. The zero-order chi connectivity index (χ0) is 20.4. The molecule has 0 radical (unpaired) electrons. The molecular formula is C19H16F2N4O4. The molecule has 0 atom stereocenters. The Balaban J connectivity index is 1.46. The fraction of sp³-hybridized carbons (Fsp3) is 0.211. The zero-order valence-corrected chi connectivity index (χ0v) is 15.3. The van der Waals surface area contributed by atoms with Gasteiger partial charge in [-0.15, -0.1) is 8.78 Å². The lowest BCUT2D eigenvalue weighted by Gasteiger charge is -2.09. The SMILES string of the molecule is COc1nc(NCCc2ccc3c(c2)OC(F)(F)O3)cc(-c2ccc[n+]([O-])c2)n1. The monoisotopic (exact) mass is 402 g/mol. The van der Waals surface area contributed by atoms with Gasteiger partial charge in [-0.25, -0.2) is 0 Å². The van der Waals surface area contributed by atoms with Gasteiger partial charge in [-0.2, -0.15) is 14.7 Å². The summed E-state index contributed by atoms with van der Waals surface area (Å²) >= 11 is 0. The first-order chi connectivity index (χ1) is 13.9. The Kier molecular flexibility index (Phi) is 4.75. The number of nitrogens with zero attached hydrogens (tertiary/aromatic N) is 3. The van der Waals surface area contributed by atoms with E-state index in [-0.39, 0.29) is 17.5 Å². The van der Waals surface area contributed by atoms with Crippen LogP contribution in [0.5, 0.6) is 17.5 Å². The Hall–Kier alpha value is -3.69. The minimum absolute atomic E-state index is 0.00786. The number of rotatable bonds is 6. The van der Waals surface area contributed by atoms with Crippen molar-refractivity contribution < 1.29 is 27.7 Å². The van der Waals surface area contributed by atoms with Crippen molar-refractivity contribution in [3.05, 3.63) is 59.6 Å². The van der Waals surface area contributed by atoms with E-state index >= 15 is 0 Å². The first-order valence-corrected chi connectivity index (χ1v) is 8.67. The molecule has 2 aromatic heterocycles. The molecule has 0 unspecified atom stereocenters. The summed E-state index contributed by atoms with van der Waals surface area (Å²) in [5.41, 5.74) is 1.92. The molecule has 1 aliphatic heterocycles. The maximum Gasteiger partial charge on any atom is 0.586 e. The molecule has 1 aliphatic rings. The molecule has 0 amide bonds. The van der Waals surface area contributed by atoms with Gasteiger partial charge in [0, 0.05) is 18.7 Å². The average Bonchev–Trinajstić information content (AvgIpc) is 3.01. The largest absolute Gasteiger partial charge is 0.619 e. The smallest absolute Gasteiger partial charge is 0.586 e. The topological polar surface area (TPSA) is 92.4 Å². The summed E-state index contributed by atoms with van der Waals surface area (Å²) in [4.78, 5) is 8.49. The number of fused-ring (bicyclic) bond motifs is 1. The van der Waals surface area contributed by atoms with Crippen LogP contribution in [0.4, 0.5) is 14.6 Å². The summed E-state index contributed by atoms with van der Waals surface area (Å²) in [6.07, 6.45) is -0.334. The number of pyridine rings is 1. The summed E-state index contributed by atoms with van der Waals surface area (Å²) in [5, 5.41) is 14.7. The van der Waals surface area contributed by atoms with Crippen molar-refractivity contribution in [1.29, 1.82) is 0 Å². The summed E-state index contributed by atoms with van der Waals surface area (Å²) in [7, 11) is 1.45. The average molecular weight is 402 g/mol. The van der Waals surface area contributed by atoms with E-state index in [4.69, 9.17) is 4.74 Å². The second-order valence-electron chi connectivity index (χ2n) is 6.20. The fourth-order valence-electron chi connectivity index (χ4n) is 2.84. The van der Waals surface area contributed by atoms with Gasteiger partial charge in [0.2, 0.25) is 0 Å². The van der Waals surface area contributed by atoms with Crippen LogP contribution in [-0.2, 0) is 6.42 Å². The number of alkyl halides is 2. The normalized spacial score (nSPS) is 13.9. The van der Waals surface area contributed by atoms with Crippen LogP contribution in [0.15, 0.2) is 48.8 Å². The third-order valence-electron chi connectivity index (χ3n) is 4.14. The molecule has 0 saturated heterocycles. The molecule has 1 aromatic carbocycles. The highest BCUT2D eigenvalue weighted by atomic mass is 19.3. The maximum absolute atomic E-state index is 13.1. The number of methoxy groups -OCH3 is 1. The number of benzene rings is 1. The molecule has 3 aromatic rings. The fourth-order valence-corrected chi connectivity index (χ4v) is 2.84. The van der Waals surface area contributed by atoms with Gasteiger partial charge < -0.3 is 24.7 Å². The summed E-state index contributed by atoms with van der Waals surface area (Å²) in [5.74, 6) is 0.518. The third-order valence-corrected chi connectivity index (χ3v) is 4.14. The Morgan fingerprint density at radius 3 is 2.79 bits per heavy atom. The van der Waals surface area contributed by atoms with Crippen LogP contribution in [0.2, 0.25) is 0 Å². The van der Waals surface area contributed by atoms with E-state index in [9.17, 15) is 14.0 Å². The highest BCUT2D eigenvalue weighted by molar-refractivity contribution is 5.61. The third kappa shape index (κ3) is 4.26. The van der Waals surface area contributed by atoms with Gasteiger partial charge in [0.25, 0.3) is 0 Å². The van der Waals surface area contributed by atoms with Gasteiger partial charge >= 0.3 is 12.3 Å². The number of aromatic nitrogens is 3. The Bertz CT molecular complexity index is 1050. The number of anilines is 1. The van der Waals surface area contributed by atoms with Crippen LogP contribution >= 0.6 is 0 Å². The van der Waals surface area contributed by atoms with Crippen molar-refractivity contribution in [3.63, 3.8) is 0 Å². The molecular weight excluding hydrogens is 386 g/mol. The molecule has 0 spiro atoms. The van der Waals surface area contributed by atoms with Crippen LogP contribution in [0, 0.1) is 5.21 Å². The lowest BCUT2D eigenvalue weighted by atomic mass is 10.1. The molecule has 3 heterocycles. The van der Waals surface area contributed by atoms with E-state index in [1.54, 1.807) is 24.3 Å². The van der Waals surface area contributed by atoms with E-state index in [2.05, 4.69) is 24.8 Å². The van der Waals surface area contributed by atoms with E-state index in [1.807, 2.05) is 0 Å². The number of hydrogen-bond acceptors (Lipinski definition) is 7.